The highest BCUT2D eigenvalue weighted by molar-refractivity contribution is 7.85. The minimum Gasteiger partial charge on any atom is -0.461 e. The zero-order chi connectivity index (χ0) is 21.6. The van der Waals surface area contributed by atoms with Crippen LogP contribution in [0.1, 0.15) is 21.7 Å². The van der Waals surface area contributed by atoms with Crippen LogP contribution in [-0.4, -0.2) is 36.3 Å². The van der Waals surface area contributed by atoms with Crippen LogP contribution in [0.5, 0.6) is 0 Å². The number of ketones is 1. The van der Waals surface area contributed by atoms with Gasteiger partial charge in [-0.25, -0.2) is 5.06 Å². The highest BCUT2D eigenvalue weighted by Crippen LogP contribution is 2.18. The fraction of sp³-hybridized carbons (Fsp3) is 0.143. The van der Waals surface area contributed by atoms with Gasteiger partial charge in [0.25, 0.3) is 10.1 Å². The molecule has 1 atom stereocenters. The third kappa shape index (κ3) is 5.41. The number of Topliss-reactive ketones (excluding diaryl/α,β-unsaturated/α-hetero) is 1. The first-order chi connectivity index (χ1) is 14.4. The molecule has 0 fully saturated rings. The summed E-state index contributed by atoms with van der Waals surface area (Å²) in [7, 11) is -4.33. The second-order valence-electron chi connectivity index (χ2n) is 6.40. The first-order valence-electron chi connectivity index (χ1n) is 8.93. The SMILES string of the molecule is O=CN(OCc1ccccc1)C(Cc1ccc(S(=O)(=O)O)cc1)C(=O)c1ccco1. The van der Waals surface area contributed by atoms with E-state index in [2.05, 4.69) is 0 Å². The molecular weight excluding hydrogens is 410 g/mol. The van der Waals surface area contributed by atoms with E-state index in [1.165, 1.54) is 36.6 Å². The van der Waals surface area contributed by atoms with Crippen LogP contribution in [0, 0.1) is 0 Å². The molecule has 3 rings (SSSR count). The number of carbonyl (C=O) groups is 2. The molecule has 2 aromatic carbocycles. The lowest BCUT2D eigenvalue weighted by Gasteiger charge is -2.26. The fourth-order valence-corrected chi connectivity index (χ4v) is 3.30. The highest BCUT2D eigenvalue weighted by Gasteiger charge is 2.29. The van der Waals surface area contributed by atoms with Gasteiger partial charge < -0.3 is 4.42 Å². The van der Waals surface area contributed by atoms with Crippen LogP contribution in [-0.2, 0) is 32.8 Å². The first-order valence-corrected chi connectivity index (χ1v) is 10.4. The van der Waals surface area contributed by atoms with Crippen LogP contribution < -0.4 is 0 Å². The molecule has 0 spiro atoms. The Morgan fingerprint density at radius 1 is 1.03 bits per heavy atom. The average molecular weight is 429 g/mol. The van der Waals surface area contributed by atoms with Crippen LogP contribution in [0.2, 0.25) is 0 Å². The molecule has 0 aliphatic rings. The zero-order valence-corrected chi connectivity index (χ0v) is 16.6. The highest BCUT2D eigenvalue weighted by atomic mass is 32.2. The monoisotopic (exact) mass is 429 g/mol. The lowest BCUT2D eigenvalue weighted by atomic mass is 10.0. The van der Waals surface area contributed by atoms with Crippen LogP contribution in [0.25, 0.3) is 0 Å². The third-order valence-corrected chi connectivity index (χ3v) is 5.22. The van der Waals surface area contributed by atoms with Crippen molar-refractivity contribution in [3.05, 3.63) is 89.9 Å². The Bertz CT molecular complexity index is 1080. The molecule has 1 heterocycles. The topological polar surface area (TPSA) is 114 Å². The van der Waals surface area contributed by atoms with Crippen molar-refractivity contribution in [2.45, 2.75) is 24.0 Å². The lowest BCUT2D eigenvalue weighted by molar-refractivity contribution is -0.186. The summed E-state index contributed by atoms with van der Waals surface area (Å²) in [6, 6.07) is 16.5. The molecule has 1 amide bonds. The third-order valence-electron chi connectivity index (χ3n) is 4.35. The molecule has 0 aliphatic heterocycles. The maximum atomic E-state index is 12.9. The molecule has 0 aliphatic carbocycles. The lowest BCUT2D eigenvalue weighted by Crippen LogP contribution is -2.42. The normalized spacial score (nSPS) is 12.3. The minimum absolute atomic E-state index is 0.0405. The standard InChI is InChI=1S/C21H19NO7S/c23-15-22(29-14-17-5-2-1-3-6-17)19(21(24)20-7-4-12-28-20)13-16-8-10-18(11-9-16)30(25,26)27/h1-12,15,19H,13-14H2,(H,25,26,27). The van der Waals surface area contributed by atoms with Gasteiger partial charge in [0.1, 0.15) is 12.6 Å². The Kier molecular flexibility index (Phi) is 6.78. The molecule has 1 aromatic heterocycles. The maximum absolute atomic E-state index is 12.9. The number of hydroxylamine groups is 2. The number of nitrogens with zero attached hydrogens (tertiary/aromatic N) is 1. The zero-order valence-electron chi connectivity index (χ0n) is 15.7. The molecule has 156 valence electrons. The van der Waals surface area contributed by atoms with E-state index in [4.69, 9.17) is 13.8 Å². The predicted octanol–water partition coefficient (Wildman–Crippen LogP) is 2.91. The minimum atomic E-state index is -4.33. The summed E-state index contributed by atoms with van der Waals surface area (Å²) in [5.41, 5.74) is 1.37. The van der Waals surface area contributed by atoms with Crippen LogP contribution >= 0.6 is 0 Å². The number of hydrogen-bond acceptors (Lipinski definition) is 6. The quantitative estimate of drug-likeness (QED) is 0.228. The molecular formula is C21H19NO7S. The maximum Gasteiger partial charge on any atom is 0.294 e. The van der Waals surface area contributed by atoms with Gasteiger partial charge in [-0.3, -0.25) is 19.0 Å². The summed E-state index contributed by atoms with van der Waals surface area (Å²) < 4.78 is 36.7. The van der Waals surface area contributed by atoms with E-state index < -0.39 is 21.9 Å². The first kappa shape index (κ1) is 21.4. The number of carbonyl (C=O) groups excluding carboxylic acids is 2. The number of hydrogen-bond donors (Lipinski definition) is 1. The smallest absolute Gasteiger partial charge is 0.294 e. The van der Waals surface area contributed by atoms with E-state index in [0.717, 1.165) is 10.6 Å². The number of amides is 1. The molecule has 0 saturated carbocycles. The molecule has 1 N–H and O–H groups in total. The average Bonchev–Trinajstić information content (AvgIpc) is 3.28. The van der Waals surface area contributed by atoms with Gasteiger partial charge in [-0.15, -0.1) is 0 Å². The molecule has 8 nitrogen and oxygen atoms in total. The van der Waals surface area contributed by atoms with E-state index in [9.17, 15) is 18.0 Å². The number of benzene rings is 2. The van der Waals surface area contributed by atoms with Crippen molar-refractivity contribution < 1.29 is 31.8 Å². The van der Waals surface area contributed by atoms with Crippen LogP contribution in [0.4, 0.5) is 0 Å². The van der Waals surface area contributed by atoms with Crippen LogP contribution in [0.15, 0.2) is 82.3 Å². The van der Waals surface area contributed by atoms with Crippen molar-refractivity contribution in [2.24, 2.45) is 0 Å². The number of rotatable bonds is 10. The number of furan rings is 1. The molecule has 0 radical (unpaired) electrons. The molecule has 9 heteroatoms. The largest absolute Gasteiger partial charge is 0.461 e. The Hall–Kier alpha value is -3.27. The summed E-state index contributed by atoms with van der Waals surface area (Å²) >= 11 is 0. The molecule has 3 aromatic rings. The van der Waals surface area contributed by atoms with Crippen LogP contribution in [0.3, 0.4) is 0 Å². The van der Waals surface area contributed by atoms with Gasteiger partial charge in [-0.1, -0.05) is 42.5 Å². The Morgan fingerprint density at radius 3 is 2.30 bits per heavy atom. The van der Waals surface area contributed by atoms with Crippen molar-refractivity contribution >= 4 is 22.3 Å². The van der Waals surface area contributed by atoms with E-state index in [0.29, 0.717) is 12.0 Å². The van der Waals surface area contributed by atoms with Crippen molar-refractivity contribution in [3.8, 4) is 0 Å². The van der Waals surface area contributed by atoms with Gasteiger partial charge in [0, 0.05) is 6.42 Å². The Balaban J connectivity index is 1.83. The van der Waals surface area contributed by atoms with Gasteiger partial charge in [-0.2, -0.15) is 8.42 Å². The van der Waals surface area contributed by atoms with Gasteiger partial charge in [0.05, 0.1) is 11.2 Å². The fourth-order valence-electron chi connectivity index (χ4n) is 2.82. The van der Waals surface area contributed by atoms with Crippen molar-refractivity contribution in [1.82, 2.24) is 5.06 Å². The molecule has 0 saturated heterocycles. The van der Waals surface area contributed by atoms with Gasteiger partial charge in [-0.05, 0) is 35.4 Å². The van der Waals surface area contributed by atoms with Gasteiger partial charge in [0.2, 0.25) is 12.2 Å². The van der Waals surface area contributed by atoms with Crippen molar-refractivity contribution in [1.29, 1.82) is 0 Å². The summed E-state index contributed by atoms with van der Waals surface area (Å²) in [4.78, 5) is 30.0. The predicted molar refractivity (Wildman–Crippen MR) is 106 cm³/mol. The molecule has 30 heavy (non-hydrogen) atoms. The Morgan fingerprint density at radius 2 is 1.73 bits per heavy atom. The van der Waals surface area contributed by atoms with Crippen molar-refractivity contribution in [3.63, 3.8) is 0 Å². The molecule has 1 unspecified atom stereocenters. The summed E-state index contributed by atoms with van der Waals surface area (Å²) in [6.07, 6.45) is 1.81. The van der Waals surface area contributed by atoms with Gasteiger partial charge >= 0.3 is 0 Å². The summed E-state index contributed by atoms with van der Waals surface area (Å²) in [6.45, 7) is 0.0726. The second-order valence-corrected chi connectivity index (χ2v) is 7.83. The summed E-state index contributed by atoms with van der Waals surface area (Å²) in [5.74, 6) is -0.413. The van der Waals surface area contributed by atoms with Gasteiger partial charge in [0.15, 0.2) is 5.76 Å². The van der Waals surface area contributed by atoms with E-state index in [1.54, 1.807) is 6.07 Å². The van der Waals surface area contributed by atoms with E-state index in [-0.39, 0.29) is 23.7 Å². The molecule has 0 bridgehead atoms. The van der Waals surface area contributed by atoms with E-state index in [1.807, 2.05) is 30.3 Å². The van der Waals surface area contributed by atoms with Crippen molar-refractivity contribution in [2.75, 3.05) is 0 Å². The summed E-state index contributed by atoms with van der Waals surface area (Å²) in [5, 5.41) is 0.925. The second kappa shape index (κ2) is 9.49. The Labute approximate surface area is 173 Å². The van der Waals surface area contributed by atoms with E-state index >= 15 is 0 Å².